The van der Waals surface area contributed by atoms with Crippen molar-refractivity contribution in [3.8, 4) is 0 Å². The lowest BCUT2D eigenvalue weighted by Gasteiger charge is -2.23. The van der Waals surface area contributed by atoms with E-state index in [9.17, 15) is 9.90 Å². The highest BCUT2D eigenvalue weighted by molar-refractivity contribution is 9.10. The molecule has 1 aliphatic rings. The van der Waals surface area contributed by atoms with Gasteiger partial charge in [-0.25, -0.2) is 0 Å². The van der Waals surface area contributed by atoms with Crippen molar-refractivity contribution in [3.05, 3.63) is 33.3 Å². The van der Waals surface area contributed by atoms with E-state index in [1.54, 1.807) is 17.0 Å². The van der Waals surface area contributed by atoms with E-state index in [4.69, 9.17) is 11.6 Å². The third-order valence-electron chi connectivity index (χ3n) is 3.51. The van der Waals surface area contributed by atoms with Crippen LogP contribution in [0.4, 0.5) is 0 Å². The summed E-state index contributed by atoms with van der Waals surface area (Å²) in [5, 5.41) is 10.5. The number of amides is 1. The molecule has 0 spiro atoms. The van der Waals surface area contributed by atoms with Gasteiger partial charge in [0.15, 0.2) is 0 Å². The largest absolute Gasteiger partial charge is 0.390 e. The summed E-state index contributed by atoms with van der Waals surface area (Å²) >= 11 is 9.44. The summed E-state index contributed by atoms with van der Waals surface area (Å²) in [5.41, 5.74) is -0.148. The molecule has 3 nitrogen and oxygen atoms in total. The monoisotopic (exact) mass is 345 g/mol. The van der Waals surface area contributed by atoms with Crippen LogP contribution in [0, 0.1) is 0 Å². The maximum absolute atomic E-state index is 12.4. The van der Waals surface area contributed by atoms with Gasteiger partial charge in [-0.05, 0) is 44.4 Å². The quantitative estimate of drug-likeness (QED) is 0.846. The normalized spacial score (nSPS) is 24.1. The summed E-state index contributed by atoms with van der Waals surface area (Å²) in [6, 6.07) is 5.27. The Bertz CT molecular complexity index is 490. The van der Waals surface area contributed by atoms with Gasteiger partial charge in [0.2, 0.25) is 0 Å². The van der Waals surface area contributed by atoms with Gasteiger partial charge >= 0.3 is 0 Å². The van der Waals surface area contributed by atoms with E-state index >= 15 is 0 Å². The number of hydrogen-bond acceptors (Lipinski definition) is 2. The van der Waals surface area contributed by atoms with Gasteiger partial charge in [0.05, 0.1) is 16.2 Å². The van der Waals surface area contributed by atoms with Gasteiger partial charge in [-0.2, -0.15) is 0 Å². The summed E-state index contributed by atoms with van der Waals surface area (Å²) in [6.07, 6.45) is 2.14. The number of likely N-dealkylation sites (tertiary alicyclic amines) is 1. The van der Waals surface area contributed by atoms with E-state index < -0.39 is 5.60 Å². The zero-order chi connectivity index (χ0) is 14.0. The van der Waals surface area contributed by atoms with Crippen LogP contribution in [0.1, 0.15) is 36.5 Å². The Morgan fingerprint density at radius 2 is 2.16 bits per heavy atom. The third-order valence-corrected chi connectivity index (χ3v) is 4.32. The van der Waals surface area contributed by atoms with Crippen molar-refractivity contribution in [1.82, 2.24) is 4.90 Å². The van der Waals surface area contributed by atoms with Crippen LogP contribution in [0.3, 0.4) is 0 Å². The van der Waals surface area contributed by atoms with E-state index in [0.29, 0.717) is 30.1 Å². The highest BCUT2D eigenvalue weighted by Gasteiger charge is 2.28. The molecule has 0 aliphatic carbocycles. The minimum atomic E-state index is -0.668. The maximum atomic E-state index is 12.4. The van der Waals surface area contributed by atoms with E-state index in [-0.39, 0.29) is 5.91 Å². The lowest BCUT2D eigenvalue weighted by atomic mass is 9.98. The summed E-state index contributed by atoms with van der Waals surface area (Å²) in [6.45, 7) is 3.06. The van der Waals surface area contributed by atoms with Gasteiger partial charge in [-0.3, -0.25) is 4.79 Å². The molecule has 1 atom stereocenters. The van der Waals surface area contributed by atoms with Crippen LogP contribution in [0.5, 0.6) is 0 Å². The summed E-state index contributed by atoms with van der Waals surface area (Å²) in [7, 11) is 0. The first-order chi connectivity index (χ1) is 8.89. The fourth-order valence-electron chi connectivity index (χ4n) is 2.30. The molecular formula is C14H17BrClNO2. The molecular weight excluding hydrogens is 330 g/mol. The summed E-state index contributed by atoms with van der Waals surface area (Å²) in [5.74, 6) is -0.0600. The lowest BCUT2D eigenvalue weighted by Crippen LogP contribution is -2.33. The Hall–Kier alpha value is -0.580. The van der Waals surface area contributed by atoms with Crippen LogP contribution in [-0.4, -0.2) is 34.6 Å². The smallest absolute Gasteiger partial charge is 0.255 e. The molecule has 0 bridgehead atoms. The highest BCUT2D eigenvalue weighted by Crippen LogP contribution is 2.26. The molecule has 1 saturated heterocycles. The molecule has 1 aromatic carbocycles. The average molecular weight is 347 g/mol. The van der Waals surface area contributed by atoms with Gasteiger partial charge in [0.1, 0.15) is 0 Å². The number of rotatable bonds is 1. The molecule has 104 valence electrons. The molecule has 19 heavy (non-hydrogen) atoms. The maximum Gasteiger partial charge on any atom is 0.255 e. The Balaban J connectivity index is 2.15. The third kappa shape index (κ3) is 3.71. The van der Waals surface area contributed by atoms with Crippen molar-refractivity contribution in [1.29, 1.82) is 0 Å². The summed E-state index contributed by atoms with van der Waals surface area (Å²) < 4.78 is 0.854. The fourth-order valence-corrected chi connectivity index (χ4v) is 3.05. The topological polar surface area (TPSA) is 40.5 Å². The Morgan fingerprint density at radius 3 is 2.84 bits per heavy atom. The van der Waals surface area contributed by atoms with Crippen molar-refractivity contribution in [2.24, 2.45) is 0 Å². The zero-order valence-electron chi connectivity index (χ0n) is 10.8. The summed E-state index contributed by atoms with van der Waals surface area (Å²) in [4.78, 5) is 14.2. The molecule has 0 aromatic heterocycles. The second kappa shape index (κ2) is 5.81. The van der Waals surface area contributed by atoms with E-state index in [1.165, 1.54) is 0 Å². The van der Waals surface area contributed by atoms with Gasteiger partial charge in [-0.1, -0.05) is 27.5 Å². The van der Waals surface area contributed by atoms with Crippen LogP contribution < -0.4 is 0 Å². The molecule has 1 aliphatic heterocycles. The molecule has 0 saturated carbocycles. The predicted molar refractivity (Wildman–Crippen MR) is 79.5 cm³/mol. The lowest BCUT2D eigenvalue weighted by molar-refractivity contribution is 0.0438. The molecule has 1 heterocycles. The van der Waals surface area contributed by atoms with Crippen LogP contribution in [0.25, 0.3) is 0 Å². The van der Waals surface area contributed by atoms with Crippen molar-refractivity contribution in [2.75, 3.05) is 13.1 Å². The van der Waals surface area contributed by atoms with Crippen LogP contribution in [0.15, 0.2) is 22.7 Å². The number of aliphatic hydroxyl groups is 1. The Labute approximate surface area is 126 Å². The van der Waals surface area contributed by atoms with Crippen molar-refractivity contribution in [3.63, 3.8) is 0 Å². The Morgan fingerprint density at radius 1 is 1.42 bits per heavy atom. The van der Waals surface area contributed by atoms with Crippen LogP contribution in [-0.2, 0) is 0 Å². The van der Waals surface area contributed by atoms with Crippen LogP contribution >= 0.6 is 27.5 Å². The second-order valence-electron chi connectivity index (χ2n) is 5.27. The number of nitrogens with zero attached hydrogens (tertiary/aromatic N) is 1. The van der Waals surface area contributed by atoms with Crippen LogP contribution in [0.2, 0.25) is 5.02 Å². The number of hydrogen-bond donors (Lipinski definition) is 1. The second-order valence-corrected chi connectivity index (χ2v) is 6.59. The molecule has 1 fully saturated rings. The van der Waals surface area contributed by atoms with E-state index in [0.717, 1.165) is 17.3 Å². The first kappa shape index (κ1) is 14.8. The van der Waals surface area contributed by atoms with Gasteiger partial charge in [-0.15, -0.1) is 0 Å². The highest BCUT2D eigenvalue weighted by atomic mass is 79.9. The zero-order valence-corrected chi connectivity index (χ0v) is 13.2. The van der Waals surface area contributed by atoms with Gasteiger partial charge in [0.25, 0.3) is 5.91 Å². The minimum absolute atomic E-state index is 0.0600. The molecule has 1 amide bonds. The fraction of sp³-hybridized carbons (Fsp3) is 0.500. The number of carbonyl (C=O) groups is 1. The first-order valence-corrected chi connectivity index (χ1v) is 7.53. The number of benzene rings is 1. The SMILES string of the molecule is CC1(O)CCCN(C(=O)c2ccc(Br)cc2Cl)CC1. The Kier molecular flexibility index (Phi) is 4.54. The molecule has 1 unspecified atom stereocenters. The van der Waals surface area contributed by atoms with Crippen molar-refractivity contribution < 1.29 is 9.90 Å². The molecule has 5 heteroatoms. The van der Waals surface area contributed by atoms with Crippen molar-refractivity contribution in [2.45, 2.75) is 31.8 Å². The predicted octanol–water partition coefficient (Wildman–Crippen LogP) is 3.48. The minimum Gasteiger partial charge on any atom is -0.390 e. The molecule has 1 aromatic rings. The van der Waals surface area contributed by atoms with Crippen molar-refractivity contribution >= 4 is 33.4 Å². The standard InChI is InChI=1S/C14H17BrClNO2/c1-14(19)5-2-7-17(8-6-14)13(18)11-4-3-10(15)9-12(11)16/h3-4,9,19H,2,5-8H2,1H3. The number of carbonyl (C=O) groups excluding carboxylic acids is 1. The van der Waals surface area contributed by atoms with Gasteiger partial charge in [0, 0.05) is 17.6 Å². The van der Waals surface area contributed by atoms with Gasteiger partial charge < -0.3 is 10.0 Å². The molecule has 2 rings (SSSR count). The average Bonchev–Trinajstić information content (AvgIpc) is 2.49. The molecule has 0 radical (unpaired) electrons. The number of halogens is 2. The first-order valence-electron chi connectivity index (χ1n) is 6.36. The molecule has 1 N–H and O–H groups in total. The van der Waals surface area contributed by atoms with E-state index in [1.807, 2.05) is 13.0 Å². The van der Waals surface area contributed by atoms with E-state index in [2.05, 4.69) is 15.9 Å².